The van der Waals surface area contributed by atoms with Crippen LogP contribution in [0.1, 0.15) is 15.9 Å². The summed E-state index contributed by atoms with van der Waals surface area (Å²) in [6.07, 6.45) is 5.29. The van der Waals surface area contributed by atoms with Gasteiger partial charge in [0.25, 0.3) is 0 Å². The summed E-state index contributed by atoms with van der Waals surface area (Å²) in [5.41, 5.74) is 1.89. The van der Waals surface area contributed by atoms with Crippen LogP contribution < -0.4 is 4.74 Å². The number of ether oxygens (including phenoxy) is 1. The fraction of sp³-hybridized carbons (Fsp3) is 0.0625. The maximum Gasteiger partial charge on any atom is 0.150 e. The van der Waals surface area contributed by atoms with Crippen molar-refractivity contribution < 1.29 is 9.53 Å². The van der Waals surface area contributed by atoms with Crippen molar-refractivity contribution >= 4 is 6.29 Å². The summed E-state index contributed by atoms with van der Waals surface area (Å²) in [6, 6.07) is 17.2. The molecule has 0 aromatic heterocycles. The summed E-state index contributed by atoms with van der Waals surface area (Å²) in [6.45, 7) is 0. The van der Waals surface area contributed by atoms with Gasteiger partial charge in [0.15, 0.2) is 0 Å². The van der Waals surface area contributed by atoms with Gasteiger partial charge in [0.1, 0.15) is 12.0 Å². The smallest absolute Gasteiger partial charge is 0.150 e. The molecule has 0 saturated carbocycles. The Hall–Kier alpha value is -2.35. The molecule has 2 aromatic rings. The highest BCUT2D eigenvalue weighted by atomic mass is 16.5. The van der Waals surface area contributed by atoms with Crippen LogP contribution in [0.5, 0.6) is 5.75 Å². The van der Waals surface area contributed by atoms with Gasteiger partial charge < -0.3 is 4.74 Å². The van der Waals surface area contributed by atoms with Gasteiger partial charge in [-0.25, -0.2) is 0 Å². The molecule has 2 nitrogen and oxygen atoms in total. The SMILES string of the molecule is O=Cc1ccc(OC=CCc2ccccc2)cc1. The van der Waals surface area contributed by atoms with Crippen LogP contribution in [0.4, 0.5) is 0 Å². The van der Waals surface area contributed by atoms with Crippen molar-refractivity contribution in [2.75, 3.05) is 0 Å². The third-order valence-electron chi connectivity index (χ3n) is 2.51. The summed E-state index contributed by atoms with van der Waals surface area (Å²) < 4.78 is 5.43. The van der Waals surface area contributed by atoms with E-state index in [0.29, 0.717) is 5.56 Å². The van der Waals surface area contributed by atoms with E-state index in [2.05, 4.69) is 12.1 Å². The van der Waals surface area contributed by atoms with Crippen molar-refractivity contribution in [3.05, 3.63) is 78.1 Å². The van der Waals surface area contributed by atoms with E-state index in [4.69, 9.17) is 4.74 Å². The van der Waals surface area contributed by atoms with Gasteiger partial charge in [-0.05, 0) is 42.3 Å². The molecule has 0 fully saturated rings. The highest BCUT2D eigenvalue weighted by molar-refractivity contribution is 5.74. The predicted molar refractivity (Wildman–Crippen MR) is 71.7 cm³/mol. The number of rotatable bonds is 5. The van der Waals surface area contributed by atoms with Crippen LogP contribution in [-0.2, 0) is 6.42 Å². The predicted octanol–water partition coefficient (Wildman–Crippen LogP) is 3.63. The molecular formula is C16H14O2. The summed E-state index contributed by atoms with van der Waals surface area (Å²) >= 11 is 0. The zero-order valence-electron chi connectivity index (χ0n) is 9.95. The number of carbonyl (C=O) groups excluding carboxylic acids is 1. The van der Waals surface area contributed by atoms with Gasteiger partial charge in [0, 0.05) is 5.56 Å². The molecule has 0 amide bonds. The molecule has 2 heteroatoms. The Bertz CT molecular complexity index is 513. The van der Waals surface area contributed by atoms with Crippen molar-refractivity contribution in [1.82, 2.24) is 0 Å². The fourth-order valence-corrected chi connectivity index (χ4v) is 1.55. The third kappa shape index (κ3) is 3.59. The van der Waals surface area contributed by atoms with Crippen molar-refractivity contribution in [3.63, 3.8) is 0 Å². The topological polar surface area (TPSA) is 26.3 Å². The van der Waals surface area contributed by atoms with Crippen LogP contribution in [0.2, 0.25) is 0 Å². The van der Waals surface area contributed by atoms with E-state index in [-0.39, 0.29) is 0 Å². The zero-order valence-corrected chi connectivity index (χ0v) is 9.95. The molecule has 2 rings (SSSR count). The van der Waals surface area contributed by atoms with Crippen LogP contribution in [0.15, 0.2) is 66.9 Å². The molecule has 0 heterocycles. The van der Waals surface area contributed by atoms with Crippen LogP contribution in [-0.4, -0.2) is 6.29 Å². The Morgan fingerprint density at radius 1 is 0.944 bits per heavy atom. The van der Waals surface area contributed by atoms with Crippen LogP contribution in [0.3, 0.4) is 0 Å². The monoisotopic (exact) mass is 238 g/mol. The molecule has 0 radical (unpaired) electrons. The first-order valence-corrected chi connectivity index (χ1v) is 5.79. The van der Waals surface area contributed by atoms with Crippen LogP contribution in [0, 0.1) is 0 Å². The number of hydrogen-bond donors (Lipinski definition) is 0. The minimum atomic E-state index is 0.649. The largest absolute Gasteiger partial charge is 0.465 e. The van der Waals surface area contributed by atoms with Gasteiger partial charge >= 0.3 is 0 Å². The Labute approximate surface area is 107 Å². The standard InChI is InChI=1S/C16H14O2/c17-13-15-8-10-16(11-9-15)18-12-4-7-14-5-2-1-3-6-14/h1-6,8-13H,7H2. The van der Waals surface area contributed by atoms with E-state index in [9.17, 15) is 4.79 Å². The minimum Gasteiger partial charge on any atom is -0.465 e. The quantitative estimate of drug-likeness (QED) is 0.587. The lowest BCUT2D eigenvalue weighted by atomic mass is 10.2. The summed E-state index contributed by atoms with van der Waals surface area (Å²) in [4.78, 5) is 10.5. The molecule has 90 valence electrons. The Kier molecular flexibility index (Phi) is 4.31. The molecule has 0 bridgehead atoms. The van der Waals surface area contributed by atoms with Crippen LogP contribution in [0.25, 0.3) is 0 Å². The summed E-state index contributed by atoms with van der Waals surface area (Å²) in [5, 5.41) is 0. The summed E-state index contributed by atoms with van der Waals surface area (Å²) in [7, 11) is 0. The van der Waals surface area contributed by atoms with E-state index >= 15 is 0 Å². The lowest BCUT2D eigenvalue weighted by molar-refractivity contribution is 0.112. The molecule has 0 unspecified atom stereocenters. The number of allylic oxidation sites excluding steroid dienone is 1. The number of aldehydes is 1. The molecule has 0 saturated heterocycles. The molecule has 0 aliphatic heterocycles. The van der Waals surface area contributed by atoms with E-state index < -0.39 is 0 Å². The average Bonchev–Trinajstić information content (AvgIpc) is 2.45. The van der Waals surface area contributed by atoms with Crippen molar-refractivity contribution in [2.45, 2.75) is 6.42 Å². The molecule has 0 aliphatic carbocycles. The lowest BCUT2D eigenvalue weighted by Crippen LogP contribution is -1.85. The van der Waals surface area contributed by atoms with E-state index in [1.165, 1.54) is 5.56 Å². The Morgan fingerprint density at radius 2 is 1.67 bits per heavy atom. The van der Waals surface area contributed by atoms with E-state index in [1.807, 2.05) is 24.3 Å². The Morgan fingerprint density at radius 3 is 2.33 bits per heavy atom. The highest BCUT2D eigenvalue weighted by Gasteiger charge is 1.92. The van der Waals surface area contributed by atoms with Crippen LogP contribution >= 0.6 is 0 Å². The Balaban J connectivity index is 1.85. The van der Waals surface area contributed by atoms with Gasteiger partial charge in [-0.15, -0.1) is 0 Å². The second kappa shape index (κ2) is 6.40. The maximum atomic E-state index is 10.5. The molecule has 18 heavy (non-hydrogen) atoms. The van der Waals surface area contributed by atoms with E-state index in [0.717, 1.165) is 18.5 Å². The number of benzene rings is 2. The van der Waals surface area contributed by atoms with Gasteiger partial charge in [-0.2, -0.15) is 0 Å². The second-order valence-electron chi connectivity index (χ2n) is 3.87. The van der Waals surface area contributed by atoms with E-state index in [1.54, 1.807) is 30.5 Å². The number of carbonyl (C=O) groups is 1. The van der Waals surface area contributed by atoms with Gasteiger partial charge in [-0.3, -0.25) is 4.79 Å². The first kappa shape index (κ1) is 12.1. The van der Waals surface area contributed by atoms with Crippen molar-refractivity contribution in [1.29, 1.82) is 0 Å². The lowest BCUT2D eigenvalue weighted by Gasteiger charge is -2.00. The zero-order chi connectivity index (χ0) is 12.6. The molecule has 0 N–H and O–H groups in total. The molecule has 0 spiro atoms. The molecule has 2 aromatic carbocycles. The minimum absolute atomic E-state index is 0.649. The first-order chi connectivity index (χ1) is 8.88. The molecule has 0 aliphatic rings. The normalized spacial score (nSPS) is 10.4. The second-order valence-corrected chi connectivity index (χ2v) is 3.87. The van der Waals surface area contributed by atoms with Crippen molar-refractivity contribution in [3.8, 4) is 5.75 Å². The van der Waals surface area contributed by atoms with Crippen molar-refractivity contribution in [2.24, 2.45) is 0 Å². The molecule has 0 atom stereocenters. The number of hydrogen-bond acceptors (Lipinski definition) is 2. The van der Waals surface area contributed by atoms with Gasteiger partial charge in [0.05, 0.1) is 6.26 Å². The summed E-state index contributed by atoms with van der Waals surface area (Å²) in [5.74, 6) is 0.727. The highest BCUT2D eigenvalue weighted by Crippen LogP contribution is 2.11. The maximum absolute atomic E-state index is 10.5. The van der Waals surface area contributed by atoms with Gasteiger partial charge in [0.2, 0.25) is 0 Å². The molecular weight excluding hydrogens is 224 g/mol. The third-order valence-corrected chi connectivity index (χ3v) is 2.51. The average molecular weight is 238 g/mol. The fourth-order valence-electron chi connectivity index (χ4n) is 1.55. The van der Waals surface area contributed by atoms with Gasteiger partial charge in [-0.1, -0.05) is 30.3 Å². The first-order valence-electron chi connectivity index (χ1n) is 5.79.